The summed E-state index contributed by atoms with van der Waals surface area (Å²) in [4.78, 5) is 12.3. The fourth-order valence-electron chi connectivity index (χ4n) is 2.97. The van der Waals surface area contributed by atoms with Gasteiger partial charge in [0.05, 0.1) is 12.0 Å². The van der Waals surface area contributed by atoms with Gasteiger partial charge in [-0.25, -0.2) is 5.43 Å². The Balaban J connectivity index is 1.51. The molecule has 166 valence electrons. The third kappa shape index (κ3) is 6.10. The van der Waals surface area contributed by atoms with E-state index in [4.69, 9.17) is 11.6 Å². The largest absolute Gasteiger partial charge is 0.272 e. The highest BCUT2D eigenvalue weighted by Gasteiger charge is 2.17. The van der Waals surface area contributed by atoms with Gasteiger partial charge in [0.1, 0.15) is 0 Å². The topological polar surface area (TPSA) is 72.2 Å². The van der Waals surface area contributed by atoms with Gasteiger partial charge < -0.3 is 0 Å². The average molecular weight is 541 g/mol. The monoisotopic (exact) mass is 539 g/mol. The second-order valence-electron chi connectivity index (χ2n) is 7.12. The Morgan fingerprint density at radius 2 is 1.76 bits per heavy atom. The van der Waals surface area contributed by atoms with E-state index < -0.39 is 0 Å². The highest BCUT2D eigenvalue weighted by molar-refractivity contribution is 9.10. The summed E-state index contributed by atoms with van der Waals surface area (Å²) in [5.41, 5.74) is 6.38. The highest BCUT2D eigenvalue weighted by atomic mass is 79.9. The number of hydrogen-bond donors (Lipinski definition) is 1. The number of nitrogens with zero attached hydrogens (tertiary/aromatic N) is 4. The van der Waals surface area contributed by atoms with E-state index in [-0.39, 0.29) is 11.7 Å². The van der Waals surface area contributed by atoms with Crippen LogP contribution in [0.25, 0.3) is 17.1 Å². The van der Waals surface area contributed by atoms with Gasteiger partial charge in [-0.15, -0.1) is 10.2 Å². The van der Waals surface area contributed by atoms with Gasteiger partial charge in [0, 0.05) is 20.7 Å². The van der Waals surface area contributed by atoms with Gasteiger partial charge in [-0.2, -0.15) is 5.10 Å². The molecule has 0 aliphatic carbocycles. The molecule has 3 aromatic carbocycles. The summed E-state index contributed by atoms with van der Waals surface area (Å²) in [5.74, 6) is 0.585. The Morgan fingerprint density at radius 3 is 2.45 bits per heavy atom. The Hall–Kier alpha value is -2.94. The van der Waals surface area contributed by atoms with Crippen LogP contribution in [0.15, 0.2) is 87.5 Å². The van der Waals surface area contributed by atoms with Crippen LogP contribution in [0.1, 0.15) is 11.1 Å². The van der Waals surface area contributed by atoms with Crippen molar-refractivity contribution in [3.8, 4) is 17.1 Å². The molecular formula is C24H19BrClN5OS. The summed E-state index contributed by atoms with van der Waals surface area (Å²) in [6.45, 7) is 2.03. The zero-order valence-corrected chi connectivity index (χ0v) is 20.7. The second-order valence-corrected chi connectivity index (χ2v) is 9.41. The molecule has 4 aromatic rings. The molecule has 0 unspecified atom stereocenters. The summed E-state index contributed by atoms with van der Waals surface area (Å²) in [6, 6.07) is 23.1. The standard InChI is InChI=1S/C24H19BrClN5OS/c1-16-2-6-18(7-3-16)23-29-30-24(31(23)21-12-10-20(26)11-13-21)33-15-22(32)28-27-14-17-4-8-19(25)9-5-17/h2-14H,15H2,1H3,(H,28,32). The lowest BCUT2D eigenvalue weighted by atomic mass is 10.1. The number of nitrogens with one attached hydrogen (secondary N) is 1. The van der Waals surface area contributed by atoms with Crippen molar-refractivity contribution in [1.82, 2.24) is 20.2 Å². The van der Waals surface area contributed by atoms with Gasteiger partial charge in [0.2, 0.25) is 0 Å². The minimum Gasteiger partial charge on any atom is -0.272 e. The van der Waals surface area contributed by atoms with Crippen LogP contribution < -0.4 is 5.43 Å². The molecule has 1 N–H and O–H groups in total. The number of aromatic nitrogens is 3. The van der Waals surface area contributed by atoms with Crippen LogP contribution in [0.4, 0.5) is 0 Å². The first kappa shape index (κ1) is 23.2. The lowest BCUT2D eigenvalue weighted by Gasteiger charge is -2.10. The number of halogens is 2. The van der Waals surface area contributed by atoms with Crippen molar-refractivity contribution >= 4 is 51.4 Å². The predicted molar refractivity (Wildman–Crippen MR) is 137 cm³/mol. The Morgan fingerprint density at radius 1 is 1.06 bits per heavy atom. The van der Waals surface area contributed by atoms with E-state index in [1.807, 2.05) is 84.3 Å². The first-order valence-electron chi connectivity index (χ1n) is 9.98. The molecule has 0 bridgehead atoms. The number of benzene rings is 3. The fraction of sp³-hybridized carbons (Fsp3) is 0.0833. The van der Waals surface area contributed by atoms with Gasteiger partial charge >= 0.3 is 0 Å². The van der Waals surface area contributed by atoms with E-state index in [0.717, 1.165) is 26.9 Å². The molecule has 0 saturated carbocycles. The maximum Gasteiger partial charge on any atom is 0.250 e. The maximum absolute atomic E-state index is 12.3. The van der Waals surface area contributed by atoms with Gasteiger partial charge in [-0.05, 0) is 48.9 Å². The molecule has 6 nitrogen and oxygen atoms in total. The van der Waals surface area contributed by atoms with E-state index >= 15 is 0 Å². The zero-order valence-electron chi connectivity index (χ0n) is 17.6. The van der Waals surface area contributed by atoms with E-state index in [9.17, 15) is 4.79 Å². The van der Waals surface area contributed by atoms with E-state index in [1.165, 1.54) is 11.8 Å². The number of hydrazone groups is 1. The number of amides is 1. The number of aryl methyl sites for hydroxylation is 1. The summed E-state index contributed by atoms with van der Waals surface area (Å²) < 4.78 is 2.90. The van der Waals surface area contributed by atoms with E-state index in [2.05, 4.69) is 36.7 Å². The van der Waals surface area contributed by atoms with Crippen molar-refractivity contribution < 1.29 is 4.79 Å². The molecule has 0 saturated heterocycles. The fourth-order valence-corrected chi connectivity index (χ4v) is 4.10. The smallest absolute Gasteiger partial charge is 0.250 e. The van der Waals surface area contributed by atoms with Gasteiger partial charge in [0.25, 0.3) is 5.91 Å². The lowest BCUT2D eigenvalue weighted by Crippen LogP contribution is -2.20. The summed E-state index contributed by atoms with van der Waals surface area (Å²) in [6.07, 6.45) is 1.60. The van der Waals surface area contributed by atoms with E-state index in [1.54, 1.807) is 6.21 Å². The Labute approximate surface area is 209 Å². The SMILES string of the molecule is Cc1ccc(-c2nnc(SCC(=O)NN=Cc3ccc(Br)cc3)n2-c2ccc(Cl)cc2)cc1. The number of rotatable bonds is 7. The third-order valence-electron chi connectivity index (χ3n) is 4.63. The summed E-state index contributed by atoms with van der Waals surface area (Å²) in [7, 11) is 0. The van der Waals surface area contributed by atoms with Gasteiger partial charge in [0.15, 0.2) is 11.0 Å². The van der Waals surface area contributed by atoms with Gasteiger partial charge in [-0.1, -0.05) is 81.3 Å². The molecule has 0 atom stereocenters. The molecule has 4 rings (SSSR count). The molecule has 33 heavy (non-hydrogen) atoms. The van der Waals surface area contributed by atoms with Crippen LogP contribution in [0.3, 0.4) is 0 Å². The van der Waals surface area contributed by atoms with Crippen molar-refractivity contribution in [3.05, 3.63) is 93.4 Å². The molecule has 0 aliphatic heterocycles. The van der Waals surface area contributed by atoms with Crippen LogP contribution in [-0.4, -0.2) is 32.6 Å². The van der Waals surface area contributed by atoms with Crippen molar-refractivity contribution in [2.75, 3.05) is 5.75 Å². The number of thioether (sulfide) groups is 1. The third-order valence-corrected chi connectivity index (χ3v) is 6.34. The average Bonchev–Trinajstić information content (AvgIpc) is 3.24. The van der Waals surface area contributed by atoms with E-state index in [0.29, 0.717) is 16.0 Å². The normalized spacial score (nSPS) is 11.1. The van der Waals surface area contributed by atoms with Crippen molar-refractivity contribution in [1.29, 1.82) is 0 Å². The number of carbonyl (C=O) groups excluding carboxylic acids is 1. The molecule has 1 heterocycles. The second kappa shape index (κ2) is 10.8. The quantitative estimate of drug-likeness (QED) is 0.180. The predicted octanol–water partition coefficient (Wildman–Crippen LogP) is 5.90. The molecule has 0 fully saturated rings. The first-order valence-corrected chi connectivity index (χ1v) is 12.1. The van der Waals surface area contributed by atoms with Crippen molar-refractivity contribution in [3.63, 3.8) is 0 Å². The van der Waals surface area contributed by atoms with Crippen LogP contribution in [0.5, 0.6) is 0 Å². The zero-order chi connectivity index (χ0) is 23.2. The summed E-state index contributed by atoms with van der Waals surface area (Å²) in [5, 5.41) is 14.0. The molecular weight excluding hydrogens is 522 g/mol. The molecule has 0 radical (unpaired) electrons. The molecule has 1 amide bonds. The van der Waals surface area contributed by atoms with Crippen molar-refractivity contribution in [2.24, 2.45) is 5.10 Å². The van der Waals surface area contributed by atoms with Crippen LogP contribution >= 0.6 is 39.3 Å². The Bertz CT molecular complexity index is 1270. The van der Waals surface area contributed by atoms with Gasteiger partial charge in [-0.3, -0.25) is 9.36 Å². The summed E-state index contributed by atoms with van der Waals surface area (Å²) >= 11 is 10.7. The molecule has 0 aliphatic rings. The molecule has 1 aromatic heterocycles. The minimum absolute atomic E-state index is 0.136. The minimum atomic E-state index is -0.240. The lowest BCUT2D eigenvalue weighted by molar-refractivity contribution is -0.118. The van der Waals surface area contributed by atoms with Crippen LogP contribution in [0.2, 0.25) is 5.02 Å². The Kier molecular flexibility index (Phi) is 7.59. The molecule has 9 heteroatoms. The highest BCUT2D eigenvalue weighted by Crippen LogP contribution is 2.28. The molecule has 0 spiro atoms. The van der Waals surface area contributed by atoms with Crippen molar-refractivity contribution in [2.45, 2.75) is 12.1 Å². The first-order chi connectivity index (χ1) is 16.0. The maximum atomic E-state index is 12.3. The van der Waals surface area contributed by atoms with Crippen LogP contribution in [-0.2, 0) is 4.79 Å². The number of carbonyl (C=O) groups is 1. The number of hydrogen-bond acceptors (Lipinski definition) is 5. The van der Waals surface area contributed by atoms with Crippen LogP contribution in [0, 0.1) is 6.92 Å².